The minimum absolute atomic E-state index is 0. The van der Waals surface area contributed by atoms with Gasteiger partial charge in [-0.2, -0.15) is 0 Å². The van der Waals surface area contributed by atoms with Crippen LogP contribution in [-0.2, 0) is 9.59 Å². The number of hydrogen-bond acceptors (Lipinski definition) is 2. The van der Waals surface area contributed by atoms with E-state index in [1.165, 1.54) is 0 Å². The van der Waals surface area contributed by atoms with Gasteiger partial charge in [-0.15, -0.1) is 0 Å². The zero-order valence-electron chi connectivity index (χ0n) is 6.75. The van der Waals surface area contributed by atoms with Crippen LogP contribution in [0.5, 0.6) is 0 Å². The monoisotopic (exact) mass is 212 g/mol. The second-order valence-corrected chi connectivity index (χ2v) is 3.25. The van der Waals surface area contributed by atoms with E-state index >= 15 is 0 Å². The van der Waals surface area contributed by atoms with E-state index in [0.29, 0.717) is 12.8 Å². The molecule has 70 valence electrons. The van der Waals surface area contributed by atoms with Crippen molar-refractivity contribution >= 4 is 63.3 Å². The molecule has 0 unspecified atom stereocenters. The number of rotatable bonds is 2. The SMILES string of the molecule is O=C(O)C1(C(=O)O)CCCCC1.[KH]. The minimum atomic E-state index is -1.49. The number of carboxylic acids is 2. The van der Waals surface area contributed by atoms with Gasteiger partial charge in [-0.05, 0) is 12.8 Å². The molecule has 4 nitrogen and oxygen atoms in total. The summed E-state index contributed by atoms with van der Waals surface area (Å²) in [5, 5.41) is 17.6. The molecule has 5 heteroatoms. The topological polar surface area (TPSA) is 74.6 Å². The Morgan fingerprint density at radius 2 is 1.31 bits per heavy atom. The molecule has 0 heterocycles. The van der Waals surface area contributed by atoms with Crippen molar-refractivity contribution in [1.29, 1.82) is 0 Å². The van der Waals surface area contributed by atoms with Crippen molar-refractivity contribution in [2.24, 2.45) is 5.41 Å². The molecule has 0 atom stereocenters. The molecule has 2 N–H and O–H groups in total. The Labute approximate surface area is 119 Å². The summed E-state index contributed by atoms with van der Waals surface area (Å²) in [6, 6.07) is 0. The average Bonchev–Trinajstić information content (AvgIpc) is 2.05. The normalized spacial score (nSPS) is 20.0. The molecule has 0 aromatic rings. The maximum atomic E-state index is 10.7. The van der Waals surface area contributed by atoms with Gasteiger partial charge < -0.3 is 10.2 Å². The molecule has 0 saturated heterocycles. The molecule has 0 bridgehead atoms. The summed E-state index contributed by atoms with van der Waals surface area (Å²) < 4.78 is 0. The molecule has 0 aromatic heterocycles. The average molecular weight is 212 g/mol. The Morgan fingerprint density at radius 3 is 1.54 bits per heavy atom. The van der Waals surface area contributed by atoms with Crippen LogP contribution in [0.2, 0.25) is 0 Å². The van der Waals surface area contributed by atoms with Crippen LogP contribution in [0.1, 0.15) is 32.1 Å². The van der Waals surface area contributed by atoms with Crippen molar-refractivity contribution in [2.45, 2.75) is 32.1 Å². The number of aliphatic carboxylic acids is 2. The molecule has 1 fully saturated rings. The fourth-order valence-corrected chi connectivity index (χ4v) is 1.67. The van der Waals surface area contributed by atoms with E-state index in [1.54, 1.807) is 0 Å². The Kier molecular flexibility index (Phi) is 5.70. The number of carbonyl (C=O) groups is 2. The molecule has 0 aromatic carbocycles. The van der Waals surface area contributed by atoms with Gasteiger partial charge in [-0.25, -0.2) is 0 Å². The summed E-state index contributed by atoms with van der Waals surface area (Å²) in [7, 11) is 0. The van der Waals surface area contributed by atoms with Crippen molar-refractivity contribution in [2.75, 3.05) is 0 Å². The van der Waals surface area contributed by atoms with Gasteiger partial charge in [0.1, 0.15) is 0 Å². The van der Waals surface area contributed by atoms with E-state index < -0.39 is 17.4 Å². The van der Waals surface area contributed by atoms with Gasteiger partial charge in [0.2, 0.25) is 0 Å². The van der Waals surface area contributed by atoms with Crippen molar-refractivity contribution in [3.63, 3.8) is 0 Å². The molecule has 0 radical (unpaired) electrons. The van der Waals surface area contributed by atoms with Gasteiger partial charge in [0, 0.05) is 0 Å². The molecule has 0 aliphatic heterocycles. The van der Waals surface area contributed by atoms with E-state index in [2.05, 4.69) is 0 Å². The molecule has 13 heavy (non-hydrogen) atoms. The van der Waals surface area contributed by atoms with Crippen LogP contribution in [0.25, 0.3) is 0 Å². The second-order valence-electron chi connectivity index (χ2n) is 3.25. The Bertz CT molecular complexity index is 192. The zero-order chi connectivity index (χ0) is 9.19. The van der Waals surface area contributed by atoms with Gasteiger partial charge >= 0.3 is 63.3 Å². The van der Waals surface area contributed by atoms with E-state index in [1.807, 2.05) is 0 Å². The van der Waals surface area contributed by atoms with Crippen LogP contribution in [0.4, 0.5) is 0 Å². The summed E-state index contributed by atoms with van der Waals surface area (Å²) >= 11 is 0. The maximum absolute atomic E-state index is 10.7. The number of hydrogen-bond donors (Lipinski definition) is 2. The fraction of sp³-hybridized carbons (Fsp3) is 0.750. The third-order valence-corrected chi connectivity index (χ3v) is 2.53. The van der Waals surface area contributed by atoms with E-state index in [-0.39, 0.29) is 64.2 Å². The summed E-state index contributed by atoms with van der Waals surface area (Å²) in [5.41, 5.74) is -1.49. The van der Waals surface area contributed by atoms with Crippen LogP contribution >= 0.6 is 0 Å². The molecule has 1 aliphatic rings. The summed E-state index contributed by atoms with van der Waals surface area (Å²) in [4.78, 5) is 21.5. The molecule has 1 aliphatic carbocycles. The van der Waals surface area contributed by atoms with E-state index in [9.17, 15) is 9.59 Å². The standard InChI is InChI=1S/C8H12O4.K.H/c9-6(10)8(7(11)12)4-2-1-3-5-8;;/h1-5H2,(H,9,10)(H,11,12);;. The molecule has 0 spiro atoms. The van der Waals surface area contributed by atoms with Gasteiger partial charge in [-0.3, -0.25) is 9.59 Å². The molecule has 1 rings (SSSR count). The fourth-order valence-electron chi connectivity index (χ4n) is 1.67. The summed E-state index contributed by atoms with van der Waals surface area (Å²) in [6.45, 7) is 0. The number of carboxylic acid groups (broad SMARTS) is 2. The van der Waals surface area contributed by atoms with Crippen molar-refractivity contribution in [3.05, 3.63) is 0 Å². The van der Waals surface area contributed by atoms with Gasteiger partial charge in [0.05, 0.1) is 0 Å². The third-order valence-electron chi connectivity index (χ3n) is 2.53. The van der Waals surface area contributed by atoms with Gasteiger partial charge in [-0.1, -0.05) is 19.3 Å². The van der Waals surface area contributed by atoms with Gasteiger partial charge in [0.15, 0.2) is 5.41 Å². The molecule has 1 saturated carbocycles. The first-order valence-corrected chi connectivity index (χ1v) is 4.06. The Hall–Kier alpha value is 0.576. The van der Waals surface area contributed by atoms with E-state index in [4.69, 9.17) is 10.2 Å². The zero-order valence-corrected chi connectivity index (χ0v) is 6.75. The predicted molar refractivity (Wildman–Crippen MR) is 47.9 cm³/mol. The van der Waals surface area contributed by atoms with Crippen LogP contribution < -0.4 is 0 Å². The first kappa shape index (κ1) is 13.6. The summed E-state index contributed by atoms with van der Waals surface area (Å²) in [5.74, 6) is -2.37. The predicted octanol–water partition coefficient (Wildman–Crippen LogP) is 0.458. The summed E-state index contributed by atoms with van der Waals surface area (Å²) in [6.07, 6.45) is 2.91. The Balaban J connectivity index is 0.00000144. The molecule has 0 amide bonds. The van der Waals surface area contributed by atoms with Crippen LogP contribution in [-0.4, -0.2) is 73.5 Å². The quantitative estimate of drug-likeness (QED) is 0.515. The first-order chi connectivity index (χ1) is 5.59. The van der Waals surface area contributed by atoms with Crippen LogP contribution in [0.3, 0.4) is 0 Å². The van der Waals surface area contributed by atoms with Crippen molar-refractivity contribution in [3.8, 4) is 0 Å². The molecular weight excluding hydrogens is 199 g/mol. The van der Waals surface area contributed by atoms with Crippen molar-refractivity contribution < 1.29 is 19.8 Å². The van der Waals surface area contributed by atoms with Crippen molar-refractivity contribution in [1.82, 2.24) is 0 Å². The Morgan fingerprint density at radius 1 is 0.923 bits per heavy atom. The van der Waals surface area contributed by atoms with Crippen LogP contribution in [0, 0.1) is 5.41 Å². The third kappa shape index (κ3) is 2.76. The van der Waals surface area contributed by atoms with E-state index in [0.717, 1.165) is 6.42 Å². The van der Waals surface area contributed by atoms with Gasteiger partial charge in [0.25, 0.3) is 0 Å². The first-order valence-electron chi connectivity index (χ1n) is 4.06. The molecular formula is C8H13KO4. The second kappa shape index (κ2) is 5.46. The van der Waals surface area contributed by atoms with Crippen LogP contribution in [0.15, 0.2) is 0 Å².